The van der Waals surface area contributed by atoms with Gasteiger partial charge in [0, 0.05) is 42.4 Å². The van der Waals surface area contributed by atoms with Crippen molar-refractivity contribution in [2.24, 2.45) is 5.73 Å². The monoisotopic (exact) mass is 297 g/mol. The van der Waals surface area contributed by atoms with Gasteiger partial charge in [-0.15, -0.1) is 0 Å². The lowest BCUT2D eigenvalue weighted by molar-refractivity contribution is 0.224. The zero-order chi connectivity index (χ0) is 12.1. The fraction of sp³-hybridized carbons (Fsp3) is 0.538. The lowest BCUT2D eigenvalue weighted by Crippen LogP contribution is -2.41. The molecule has 0 bridgehead atoms. The van der Waals surface area contributed by atoms with Gasteiger partial charge in [-0.1, -0.05) is 12.1 Å². The largest absolute Gasteiger partial charge is 0.381 e. The van der Waals surface area contributed by atoms with Crippen LogP contribution in [0.3, 0.4) is 0 Å². The van der Waals surface area contributed by atoms with E-state index in [4.69, 9.17) is 5.73 Å². The van der Waals surface area contributed by atoms with Crippen LogP contribution < -0.4 is 11.1 Å². The Balaban J connectivity index is 1.84. The number of benzene rings is 1. The first-order valence-electron chi connectivity index (χ1n) is 6.23. The molecule has 2 rings (SSSR count). The maximum atomic E-state index is 5.57. The number of rotatable bonds is 4. The van der Waals surface area contributed by atoms with Gasteiger partial charge in [-0.05, 0) is 40.9 Å². The summed E-state index contributed by atoms with van der Waals surface area (Å²) in [5.41, 5.74) is 6.77. The van der Waals surface area contributed by atoms with Crippen LogP contribution in [0.25, 0.3) is 0 Å². The Morgan fingerprint density at radius 3 is 2.65 bits per heavy atom. The third kappa shape index (κ3) is 3.69. The van der Waals surface area contributed by atoms with Gasteiger partial charge in [0.05, 0.1) is 0 Å². The summed E-state index contributed by atoms with van der Waals surface area (Å²) in [6.07, 6.45) is 2.39. The van der Waals surface area contributed by atoms with Gasteiger partial charge in [-0.3, -0.25) is 0 Å². The van der Waals surface area contributed by atoms with Crippen molar-refractivity contribution in [3.63, 3.8) is 0 Å². The lowest BCUT2D eigenvalue weighted by atomic mass is 10.0. The average molecular weight is 298 g/mol. The van der Waals surface area contributed by atoms with Crippen molar-refractivity contribution < 1.29 is 0 Å². The van der Waals surface area contributed by atoms with Gasteiger partial charge in [0.25, 0.3) is 0 Å². The number of nitrogens with one attached hydrogen (secondary N) is 1. The Labute approximate surface area is 111 Å². The SMILES string of the molecule is NCCN1CCC(Nc2ccccc2Br)CC1. The van der Waals surface area contributed by atoms with E-state index in [9.17, 15) is 0 Å². The molecule has 0 aromatic heterocycles. The third-order valence-electron chi connectivity index (χ3n) is 3.27. The molecular formula is C13H20BrN3. The van der Waals surface area contributed by atoms with Gasteiger partial charge in [-0.2, -0.15) is 0 Å². The summed E-state index contributed by atoms with van der Waals surface area (Å²) in [7, 11) is 0. The highest BCUT2D eigenvalue weighted by Crippen LogP contribution is 2.24. The molecule has 3 nitrogen and oxygen atoms in total. The number of nitrogens with two attached hydrogens (primary N) is 1. The molecule has 0 unspecified atom stereocenters. The topological polar surface area (TPSA) is 41.3 Å². The Morgan fingerprint density at radius 1 is 1.29 bits per heavy atom. The van der Waals surface area contributed by atoms with E-state index >= 15 is 0 Å². The Hall–Kier alpha value is -0.580. The van der Waals surface area contributed by atoms with Crippen LogP contribution in [0.2, 0.25) is 0 Å². The number of para-hydroxylation sites is 1. The van der Waals surface area contributed by atoms with E-state index in [1.807, 2.05) is 6.07 Å². The molecule has 94 valence electrons. The molecule has 3 N–H and O–H groups in total. The summed E-state index contributed by atoms with van der Waals surface area (Å²) in [5.74, 6) is 0. The van der Waals surface area contributed by atoms with E-state index in [2.05, 4.69) is 44.3 Å². The third-order valence-corrected chi connectivity index (χ3v) is 3.96. The molecule has 1 aromatic carbocycles. The number of piperidine rings is 1. The quantitative estimate of drug-likeness (QED) is 0.896. The highest BCUT2D eigenvalue weighted by atomic mass is 79.9. The van der Waals surface area contributed by atoms with Gasteiger partial charge in [0.2, 0.25) is 0 Å². The smallest absolute Gasteiger partial charge is 0.0486 e. The summed E-state index contributed by atoms with van der Waals surface area (Å²) in [6, 6.07) is 8.89. The van der Waals surface area contributed by atoms with Crippen molar-refractivity contribution in [3.8, 4) is 0 Å². The van der Waals surface area contributed by atoms with Crippen molar-refractivity contribution in [2.75, 3.05) is 31.5 Å². The van der Waals surface area contributed by atoms with Crippen molar-refractivity contribution in [3.05, 3.63) is 28.7 Å². The summed E-state index contributed by atoms with van der Waals surface area (Å²) in [5, 5.41) is 3.61. The number of likely N-dealkylation sites (tertiary alicyclic amines) is 1. The molecule has 1 saturated heterocycles. The van der Waals surface area contributed by atoms with Crippen LogP contribution in [0.15, 0.2) is 28.7 Å². The second-order valence-corrected chi connectivity index (χ2v) is 5.38. The van der Waals surface area contributed by atoms with Crippen molar-refractivity contribution in [1.82, 2.24) is 4.90 Å². The standard InChI is InChI=1S/C13H20BrN3/c14-12-3-1-2-4-13(12)16-11-5-8-17(9-6-11)10-7-15/h1-4,11,16H,5-10,15H2. The molecule has 1 heterocycles. The number of halogens is 1. The Bertz CT molecular complexity index is 348. The molecular weight excluding hydrogens is 278 g/mol. The minimum atomic E-state index is 0.586. The summed E-state index contributed by atoms with van der Waals surface area (Å²) in [6.45, 7) is 4.10. The van der Waals surface area contributed by atoms with Crippen molar-refractivity contribution in [2.45, 2.75) is 18.9 Å². The summed E-state index contributed by atoms with van der Waals surface area (Å²) < 4.78 is 1.14. The predicted molar refractivity (Wildman–Crippen MR) is 76.3 cm³/mol. The van der Waals surface area contributed by atoms with Crippen molar-refractivity contribution >= 4 is 21.6 Å². The molecule has 0 saturated carbocycles. The summed E-state index contributed by atoms with van der Waals surface area (Å²) >= 11 is 3.57. The van der Waals surface area contributed by atoms with Crippen LogP contribution in [0, 0.1) is 0 Å². The zero-order valence-electron chi connectivity index (χ0n) is 10.0. The summed E-state index contributed by atoms with van der Waals surface area (Å²) in [4.78, 5) is 2.44. The van der Waals surface area contributed by atoms with E-state index in [1.54, 1.807) is 0 Å². The minimum absolute atomic E-state index is 0.586. The van der Waals surface area contributed by atoms with Crippen molar-refractivity contribution in [1.29, 1.82) is 0 Å². The molecule has 0 atom stereocenters. The average Bonchev–Trinajstić information content (AvgIpc) is 2.35. The van der Waals surface area contributed by atoms with Gasteiger partial charge in [0.1, 0.15) is 0 Å². The van der Waals surface area contributed by atoms with Gasteiger partial charge >= 0.3 is 0 Å². The van der Waals surface area contributed by atoms with Crippen LogP contribution in [-0.4, -0.2) is 37.1 Å². The first kappa shape index (κ1) is 12.9. The second-order valence-electron chi connectivity index (χ2n) is 4.53. The number of hydrogen-bond acceptors (Lipinski definition) is 3. The van der Waals surface area contributed by atoms with E-state index in [1.165, 1.54) is 18.5 Å². The van der Waals surface area contributed by atoms with Crippen LogP contribution in [0.4, 0.5) is 5.69 Å². The predicted octanol–water partition coefficient (Wildman–Crippen LogP) is 2.28. The van der Waals surface area contributed by atoms with Gasteiger partial charge in [0.15, 0.2) is 0 Å². The first-order chi connectivity index (χ1) is 8.29. The molecule has 1 fully saturated rings. The maximum absolute atomic E-state index is 5.57. The number of anilines is 1. The van der Waals surface area contributed by atoms with Crippen LogP contribution >= 0.6 is 15.9 Å². The first-order valence-corrected chi connectivity index (χ1v) is 7.02. The zero-order valence-corrected chi connectivity index (χ0v) is 11.6. The normalized spacial score (nSPS) is 18.2. The molecule has 1 aliphatic heterocycles. The van der Waals surface area contributed by atoms with E-state index < -0.39 is 0 Å². The van der Waals surface area contributed by atoms with Gasteiger partial charge in [-0.25, -0.2) is 0 Å². The highest BCUT2D eigenvalue weighted by molar-refractivity contribution is 9.10. The van der Waals surface area contributed by atoms with Crippen LogP contribution in [0.5, 0.6) is 0 Å². The van der Waals surface area contributed by atoms with E-state index in [0.717, 1.165) is 30.7 Å². The molecule has 1 aromatic rings. The Morgan fingerprint density at radius 2 is 2.00 bits per heavy atom. The maximum Gasteiger partial charge on any atom is 0.0486 e. The van der Waals surface area contributed by atoms with Crippen LogP contribution in [-0.2, 0) is 0 Å². The Kier molecular flexibility index (Phi) is 4.83. The number of nitrogens with zero attached hydrogens (tertiary/aromatic N) is 1. The molecule has 0 amide bonds. The fourth-order valence-electron chi connectivity index (χ4n) is 2.28. The fourth-order valence-corrected chi connectivity index (χ4v) is 2.68. The molecule has 1 aliphatic rings. The van der Waals surface area contributed by atoms with Crippen LogP contribution in [0.1, 0.15) is 12.8 Å². The minimum Gasteiger partial charge on any atom is -0.381 e. The number of hydrogen-bond donors (Lipinski definition) is 2. The molecule has 4 heteroatoms. The van der Waals surface area contributed by atoms with E-state index in [0.29, 0.717) is 6.04 Å². The van der Waals surface area contributed by atoms with E-state index in [-0.39, 0.29) is 0 Å². The van der Waals surface area contributed by atoms with Gasteiger partial charge < -0.3 is 16.0 Å². The second kappa shape index (κ2) is 6.38. The lowest BCUT2D eigenvalue weighted by Gasteiger charge is -2.32. The molecule has 0 radical (unpaired) electrons. The highest BCUT2D eigenvalue weighted by Gasteiger charge is 2.18. The molecule has 17 heavy (non-hydrogen) atoms. The molecule has 0 spiro atoms. The molecule has 0 aliphatic carbocycles.